The van der Waals surface area contributed by atoms with Gasteiger partial charge in [0.25, 0.3) is 5.91 Å². The van der Waals surface area contributed by atoms with Crippen LogP contribution in [0.3, 0.4) is 0 Å². The second-order valence-electron chi connectivity index (χ2n) is 7.18. The van der Waals surface area contributed by atoms with Crippen molar-refractivity contribution in [1.29, 1.82) is 0 Å². The van der Waals surface area contributed by atoms with Crippen LogP contribution < -0.4 is 11.1 Å². The average molecular weight is 380 g/mol. The number of amides is 2. The van der Waals surface area contributed by atoms with Gasteiger partial charge in [0.05, 0.1) is 16.0 Å². The first kappa shape index (κ1) is 20.7. The van der Waals surface area contributed by atoms with Crippen molar-refractivity contribution >= 4 is 29.1 Å². The van der Waals surface area contributed by atoms with Crippen molar-refractivity contribution in [2.75, 3.05) is 18.4 Å². The van der Waals surface area contributed by atoms with Crippen LogP contribution in [0.15, 0.2) is 18.2 Å². The molecule has 3 N–H and O–H groups in total. The van der Waals surface area contributed by atoms with Crippen molar-refractivity contribution in [1.82, 2.24) is 4.90 Å². The lowest BCUT2D eigenvalue weighted by molar-refractivity contribution is -0.125. The number of carbonyl (C=O) groups excluding carboxylic acids is 2. The molecule has 1 atom stereocenters. The summed E-state index contributed by atoms with van der Waals surface area (Å²) in [6, 6.07) is 5.31. The Labute approximate surface area is 161 Å². The molecular weight excluding hydrogens is 350 g/mol. The van der Waals surface area contributed by atoms with Gasteiger partial charge in [0.1, 0.15) is 0 Å². The fourth-order valence-corrected chi connectivity index (χ4v) is 3.80. The van der Waals surface area contributed by atoms with Crippen LogP contribution in [0.1, 0.15) is 63.2 Å². The molecule has 0 bridgehead atoms. The van der Waals surface area contributed by atoms with Gasteiger partial charge in [-0.15, -0.1) is 0 Å². The van der Waals surface area contributed by atoms with Crippen molar-refractivity contribution < 1.29 is 9.59 Å². The Balaban J connectivity index is 2.16. The van der Waals surface area contributed by atoms with Gasteiger partial charge in [0.15, 0.2) is 0 Å². The lowest BCUT2D eigenvalue weighted by atomic mass is 9.81. The second kappa shape index (κ2) is 8.87. The highest BCUT2D eigenvalue weighted by molar-refractivity contribution is 6.34. The number of hydrogen-bond acceptors (Lipinski definition) is 3. The zero-order valence-electron chi connectivity index (χ0n) is 16.0. The largest absolute Gasteiger partial charge is 0.336 e. The molecule has 0 spiro atoms. The van der Waals surface area contributed by atoms with Gasteiger partial charge in [-0.2, -0.15) is 0 Å². The summed E-state index contributed by atoms with van der Waals surface area (Å²) >= 11 is 6.37. The molecule has 0 radical (unpaired) electrons. The topological polar surface area (TPSA) is 75.4 Å². The van der Waals surface area contributed by atoms with Gasteiger partial charge < -0.3 is 16.0 Å². The van der Waals surface area contributed by atoms with Crippen molar-refractivity contribution in [3.8, 4) is 0 Å². The van der Waals surface area contributed by atoms with Crippen LogP contribution in [0.4, 0.5) is 5.69 Å². The lowest BCUT2D eigenvalue weighted by Crippen LogP contribution is -2.42. The quantitative estimate of drug-likeness (QED) is 0.782. The van der Waals surface area contributed by atoms with Gasteiger partial charge >= 0.3 is 0 Å². The Morgan fingerprint density at radius 2 is 2.00 bits per heavy atom. The maximum absolute atomic E-state index is 12.8. The minimum atomic E-state index is -0.579. The normalized spacial score (nSPS) is 17.9. The smallest absolute Gasteiger partial charge is 0.255 e. The Kier molecular flexibility index (Phi) is 7.07. The van der Waals surface area contributed by atoms with E-state index in [1.54, 1.807) is 18.2 Å². The molecule has 1 saturated heterocycles. The number of anilines is 1. The molecule has 0 aromatic heterocycles. The first-order valence-electron chi connectivity index (χ1n) is 9.50. The standard InChI is InChI=1S/C20H30ClN3O2/c1-4-20(5-2,13-22)19(26)23-15-9-10-16(17(21)12-15)18(25)24-11-7-6-8-14(24)3/h9-10,12,14H,4-8,11,13,22H2,1-3H3,(H,23,26). The van der Waals surface area contributed by atoms with E-state index in [2.05, 4.69) is 12.2 Å². The second-order valence-corrected chi connectivity index (χ2v) is 7.59. The van der Waals surface area contributed by atoms with E-state index in [0.29, 0.717) is 35.7 Å². The van der Waals surface area contributed by atoms with Gasteiger partial charge in [0.2, 0.25) is 5.91 Å². The number of carbonyl (C=O) groups is 2. The molecule has 1 aliphatic heterocycles. The molecule has 1 aromatic carbocycles. The highest BCUT2D eigenvalue weighted by atomic mass is 35.5. The van der Waals surface area contributed by atoms with E-state index in [1.165, 1.54) is 0 Å². The van der Waals surface area contributed by atoms with E-state index in [1.807, 2.05) is 18.7 Å². The van der Waals surface area contributed by atoms with E-state index in [4.69, 9.17) is 17.3 Å². The van der Waals surface area contributed by atoms with Crippen LogP contribution in [0.25, 0.3) is 0 Å². The highest BCUT2D eigenvalue weighted by Gasteiger charge is 2.33. The first-order chi connectivity index (χ1) is 12.4. The highest BCUT2D eigenvalue weighted by Crippen LogP contribution is 2.29. The van der Waals surface area contributed by atoms with Crippen molar-refractivity contribution in [3.05, 3.63) is 28.8 Å². The summed E-state index contributed by atoms with van der Waals surface area (Å²) in [6.07, 6.45) is 4.54. The molecule has 144 valence electrons. The third-order valence-electron chi connectivity index (χ3n) is 5.75. The van der Waals surface area contributed by atoms with Crippen LogP contribution in [-0.2, 0) is 4.79 Å². The SMILES string of the molecule is CCC(CC)(CN)C(=O)Nc1ccc(C(=O)N2CCCCC2C)c(Cl)c1. The third kappa shape index (κ3) is 4.21. The fourth-order valence-electron chi connectivity index (χ4n) is 3.54. The van der Waals surface area contributed by atoms with Crippen LogP contribution in [0.2, 0.25) is 5.02 Å². The summed E-state index contributed by atoms with van der Waals surface area (Å²) in [5.41, 5.74) is 6.32. The molecule has 1 fully saturated rings. The summed E-state index contributed by atoms with van der Waals surface area (Å²) < 4.78 is 0. The first-order valence-corrected chi connectivity index (χ1v) is 9.88. The van der Waals surface area contributed by atoms with Crippen LogP contribution in [0, 0.1) is 5.41 Å². The minimum Gasteiger partial charge on any atom is -0.336 e. The number of piperidine rings is 1. The van der Waals surface area contributed by atoms with Crippen molar-refractivity contribution in [2.24, 2.45) is 11.1 Å². The molecule has 1 unspecified atom stereocenters. The Morgan fingerprint density at radius 1 is 1.31 bits per heavy atom. The van der Waals surface area contributed by atoms with E-state index < -0.39 is 5.41 Å². The van der Waals surface area contributed by atoms with Gasteiger partial charge in [-0.3, -0.25) is 9.59 Å². The summed E-state index contributed by atoms with van der Waals surface area (Å²) in [6.45, 7) is 7.06. The maximum atomic E-state index is 12.8. The Morgan fingerprint density at radius 3 is 2.54 bits per heavy atom. The monoisotopic (exact) mass is 379 g/mol. The van der Waals surface area contributed by atoms with Crippen molar-refractivity contribution in [3.63, 3.8) is 0 Å². The molecule has 0 saturated carbocycles. The van der Waals surface area contributed by atoms with Crippen molar-refractivity contribution in [2.45, 2.75) is 58.9 Å². The minimum absolute atomic E-state index is 0.0431. The predicted molar refractivity (Wildman–Crippen MR) is 107 cm³/mol. The molecule has 5 nitrogen and oxygen atoms in total. The number of halogens is 1. The zero-order chi connectivity index (χ0) is 19.3. The third-order valence-corrected chi connectivity index (χ3v) is 6.06. The maximum Gasteiger partial charge on any atom is 0.255 e. The average Bonchev–Trinajstić information content (AvgIpc) is 2.64. The van der Waals surface area contributed by atoms with E-state index in [-0.39, 0.29) is 17.9 Å². The van der Waals surface area contributed by atoms with Gasteiger partial charge in [-0.25, -0.2) is 0 Å². The fraction of sp³-hybridized carbons (Fsp3) is 0.600. The van der Waals surface area contributed by atoms with Crippen LogP contribution >= 0.6 is 11.6 Å². The Bertz CT molecular complexity index is 650. The zero-order valence-corrected chi connectivity index (χ0v) is 16.7. The molecule has 1 aromatic rings. The number of rotatable bonds is 6. The number of nitrogens with two attached hydrogens (primary N) is 1. The molecule has 1 heterocycles. The summed E-state index contributed by atoms with van der Waals surface area (Å²) in [5.74, 6) is -0.150. The van der Waals surface area contributed by atoms with Gasteiger partial charge in [-0.05, 0) is 57.2 Å². The molecule has 0 aliphatic carbocycles. The van der Waals surface area contributed by atoms with Crippen LogP contribution in [-0.4, -0.2) is 35.8 Å². The van der Waals surface area contributed by atoms with E-state index in [9.17, 15) is 9.59 Å². The lowest BCUT2D eigenvalue weighted by Gasteiger charge is -2.33. The summed E-state index contributed by atoms with van der Waals surface area (Å²) in [7, 11) is 0. The van der Waals surface area contributed by atoms with Crippen LogP contribution in [0.5, 0.6) is 0 Å². The van der Waals surface area contributed by atoms with Gasteiger partial charge in [-0.1, -0.05) is 25.4 Å². The summed E-state index contributed by atoms with van der Waals surface area (Å²) in [4.78, 5) is 27.3. The number of likely N-dealkylation sites (tertiary alicyclic amines) is 1. The molecule has 26 heavy (non-hydrogen) atoms. The molecule has 2 amide bonds. The molecule has 6 heteroatoms. The van der Waals surface area contributed by atoms with E-state index >= 15 is 0 Å². The predicted octanol–water partition coefficient (Wildman–Crippen LogP) is 4.06. The Hall–Kier alpha value is -1.59. The number of benzene rings is 1. The number of nitrogens with zero attached hydrogens (tertiary/aromatic N) is 1. The molecular formula is C20H30ClN3O2. The van der Waals surface area contributed by atoms with Gasteiger partial charge in [0, 0.05) is 24.8 Å². The number of nitrogens with one attached hydrogen (secondary N) is 1. The summed E-state index contributed by atoms with van der Waals surface area (Å²) in [5, 5.41) is 3.26. The van der Waals surface area contributed by atoms with E-state index in [0.717, 1.165) is 25.8 Å². The molecule has 1 aliphatic rings. The number of hydrogen-bond donors (Lipinski definition) is 2. The molecule has 2 rings (SSSR count).